The minimum Gasteiger partial charge on any atom is -0.397 e. The Morgan fingerprint density at radius 2 is 1.92 bits per heavy atom. The molecule has 0 aliphatic rings. The molecule has 0 saturated heterocycles. The molecule has 0 fully saturated rings. The van der Waals surface area contributed by atoms with Crippen molar-refractivity contribution in [2.45, 2.75) is 4.90 Å². The first-order valence-corrected chi connectivity index (χ1v) is 6.10. The lowest BCUT2D eigenvalue weighted by Gasteiger charge is -2.05. The summed E-state index contributed by atoms with van der Waals surface area (Å²) in [6.07, 6.45) is 0. The van der Waals surface area contributed by atoms with Gasteiger partial charge < -0.3 is 5.73 Å². The molecule has 0 saturated carbocycles. The van der Waals surface area contributed by atoms with Crippen molar-refractivity contribution < 1.29 is 8.42 Å². The fourth-order valence-corrected chi connectivity index (χ4v) is 2.78. The molecule has 0 aliphatic heterocycles. The van der Waals surface area contributed by atoms with Gasteiger partial charge in [0.1, 0.15) is 4.90 Å². The highest BCUT2D eigenvalue weighted by Crippen LogP contribution is 2.27. The van der Waals surface area contributed by atoms with Gasteiger partial charge in [0.05, 0.1) is 5.69 Å². The van der Waals surface area contributed by atoms with E-state index in [0.717, 1.165) is 0 Å². The van der Waals surface area contributed by atoms with Crippen LogP contribution in [0.5, 0.6) is 0 Å². The van der Waals surface area contributed by atoms with Crippen LogP contribution in [-0.2, 0) is 10.0 Å². The topological polar surface area (TPSA) is 86.2 Å². The Balaban J connectivity index is 3.56. The molecule has 0 heterocycles. The summed E-state index contributed by atoms with van der Waals surface area (Å²) in [5, 5.41) is 5.22. The number of benzene rings is 1. The summed E-state index contributed by atoms with van der Waals surface area (Å²) in [6.45, 7) is 0. The Labute approximate surface area is 94.4 Å². The summed E-state index contributed by atoms with van der Waals surface area (Å²) >= 11 is 7.53. The summed E-state index contributed by atoms with van der Waals surface area (Å²) < 4.78 is 22.6. The van der Waals surface area contributed by atoms with E-state index < -0.39 is 10.0 Å². The van der Waals surface area contributed by atoms with Crippen LogP contribution in [0.1, 0.15) is 0 Å². The largest absolute Gasteiger partial charge is 0.397 e. The van der Waals surface area contributed by atoms with Crippen LogP contribution in [0.4, 0.5) is 5.69 Å². The molecule has 0 unspecified atom stereocenters. The van der Waals surface area contributed by atoms with Crippen molar-refractivity contribution in [3.05, 3.63) is 20.7 Å². The minimum absolute atomic E-state index is 0.132. The van der Waals surface area contributed by atoms with Crippen molar-refractivity contribution >= 4 is 49.9 Å². The van der Waals surface area contributed by atoms with E-state index in [1.165, 1.54) is 6.07 Å². The summed E-state index contributed by atoms with van der Waals surface area (Å²) in [7, 11) is -3.79. The van der Waals surface area contributed by atoms with Crippen LogP contribution in [-0.4, -0.2) is 8.42 Å². The molecule has 0 amide bonds. The van der Waals surface area contributed by atoms with Gasteiger partial charge in [0.25, 0.3) is 0 Å². The number of halogens is 2. The van der Waals surface area contributed by atoms with E-state index in [1.807, 2.05) is 22.6 Å². The third-order valence-corrected chi connectivity index (χ3v) is 3.42. The number of rotatable bonds is 1. The molecular weight excluding hydrogens is 327 g/mol. The lowest BCUT2D eigenvalue weighted by atomic mass is 10.3. The number of anilines is 1. The molecule has 13 heavy (non-hydrogen) atoms. The molecule has 1 aromatic rings. The zero-order chi connectivity index (χ0) is 10.2. The monoisotopic (exact) mass is 332 g/mol. The van der Waals surface area contributed by atoms with Gasteiger partial charge in [0.15, 0.2) is 0 Å². The van der Waals surface area contributed by atoms with E-state index in [-0.39, 0.29) is 10.6 Å². The van der Waals surface area contributed by atoms with Gasteiger partial charge in [-0.2, -0.15) is 0 Å². The normalized spacial score (nSPS) is 11.6. The smallest absolute Gasteiger partial charge is 0.240 e. The molecule has 72 valence electrons. The van der Waals surface area contributed by atoms with Crippen LogP contribution in [0, 0.1) is 3.57 Å². The summed E-state index contributed by atoms with van der Waals surface area (Å²) in [5.41, 5.74) is 5.64. The predicted octanol–water partition coefficient (Wildman–Crippen LogP) is 1.17. The molecule has 1 rings (SSSR count). The van der Waals surface area contributed by atoms with Gasteiger partial charge in [-0.3, -0.25) is 0 Å². The van der Waals surface area contributed by atoms with Crippen LogP contribution >= 0.6 is 34.2 Å². The van der Waals surface area contributed by atoms with Crippen LogP contribution in [0.3, 0.4) is 0 Å². The maximum Gasteiger partial charge on any atom is 0.240 e. The lowest BCUT2D eigenvalue weighted by molar-refractivity contribution is 0.598. The third-order valence-electron chi connectivity index (χ3n) is 1.36. The molecular formula is C6H6ClIN2O2S. The highest BCUT2D eigenvalue weighted by atomic mass is 127. The Hall–Kier alpha value is -0.0500. The standard InChI is InChI=1S/C6H6ClIN2O2S/c7-3-1-4(8)6(9)5(2-3)13(10,11)12/h1-2H,9H2,(H2,10,11,12). The summed E-state index contributed by atoms with van der Waals surface area (Å²) in [5.74, 6) is 0. The SMILES string of the molecule is Nc1c(I)cc(Cl)cc1S(N)(=O)=O. The maximum absolute atomic E-state index is 11.0. The van der Waals surface area contributed by atoms with Gasteiger partial charge in [-0.15, -0.1) is 0 Å². The number of hydrogen-bond donors (Lipinski definition) is 2. The highest BCUT2D eigenvalue weighted by molar-refractivity contribution is 14.1. The second kappa shape index (κ2) is 3.60. The molecule has 4 nitrogen and oxygen atoms in total. The fraction of sp³-hybridized carbons (Fsp3) is 0. The molecule has 0 aromatic heterocycles. The van der Waals surface area contributed by atoms with E-state index in [0.29, 0.717) is 8.59 Å². The van der Waals surface area contributed by atoms with Gasteiger partial charge in [-0.05, 0) is 34.7 Å². The van der Waals surface area contributed by atoms with Crippen molar-refractivity contribution in [1.29, 1.82) is 0 Å². The first kappa shape index (κ1) is 11.0. The maximum atomic E-state index is 11.0. The number of hydrogen-bond acceptors (Lipinski definition) is 3. The highest BCUT2D eigenvalue weighted by Gasteiger charge is 2.15. The third kappa shape index (κ3) is 2.46. The first-order chi connectivity index (χ1) is 5.82. The number of sulfonamides is 1. The van der Waals surface area contributed by atoms with Gasteiger partial charge in [0, 0.05) is 8.59 Å². The zero-order valence-electron chi connectivity index (χ0n) is 6.29. The van der Waals surface area contributed by atoms with Crippen molar-refractivity contribution in [3.8, 4) is 0 Å². The number of nitrogens with two attached hydrogens (primary N) is 2. The molecule has 0 spiro atoms. The first-order valence-electron chi connectivity index (χ1n) is 3.09. The van der Waals surface area contributed by atoms with Gasteiger partial charge in [-0.1, -0.05) is 11.6 Å². The van der Waals surface area contributed by atoms with Gasteiger partial charge >= 0.3 is 0 Å². The second-order valence-electron chi connectivity index (χ2n) is 2.34. The molecule has 0 atom stereocenters. The van der Waals surface area contributed by atoms with Crippen molar-refractivity contribution in [2.24, 2.45) is 5.14 Å². The number of primary sulfonamides is 1. The Morgan fingerprint density at radius 3 is 2.38 bits per heavy atom. The summed E-state index contributed by atoms with van der Waals surface area (Å²) in [6, 6.07) is 2.79. The van der Waals surface area contributed by atoms with Crippen LogP contribution < -0.4 is 10.9 Å². The van der Waals surface area contributed by atoms with Gasteiger partial charge in [-0.25, -0.2) is 13.6 Å². The average molecular weight is 333 g/mol. The molecule has 0 radical (unpaired) electrons. The van der Waals surface area contributed by atoms with Crippen LogP contribution in [0.25, 0.3) is 0 Å². The van der Waals surface area contributed by atoms with E-state index in [1.54, 1.807) is 6.07 Å². The quantitative estimate of drug-likeness (QED) is 0.598. The molecule has 0 aliphatic carbocycles. The molecule has 0 bridgehead atoms. The minimum atomic E-state index is -3.79. The van der Waals surface area contributed by atoms with Gasteiger partial charge in [0.2, 0.25) is 10.0 Å². The van der Waals surface area contributed by atoms with E-state index in [9.17, 15) is 8.42 Å². The Kier molecular flexibility index (Phi) is 3.05. The molecule has 7 heteroatoms. The fourth-order valence-electron chi connectivity index (χ4n) is 0.797. The van der Waals surface area contributed by atoms with Crippen LogP contribution in [0.15, 0.2) is 17.0 Å². The van der Waals surface area contributed by atoms with E-state index >= 15 is 0 Å². The number of nitrogen functional groups attached to an aromatic ring is 1. The van der Waals surface area contributed by atoms with Crippen molar-refractivity contribution in [1.82, 2.24) is 0 Å². The van der Waals surface area contributed by atoms with E-state index in [2.05, 4.69) is 0 Å². The van der Waals surface area contributed by atoms with E-state index in [4.69, 9.17) is 22.5 Å². The summed E-state index contributed by atoms with van der Waals surface area (Å²) in [4.78, 5) is -0.135. The second-order valence-corrected chi connectivity index (χ2v) is 5.47. The molecule has 4 N–H and O–H groups in total. The zero-order valence-corrected chi connectivity index (χ0v) is 10.0. The van der Waals surface area contributed by atoms with Crippen LogP contribution in [0.2, 0.25) is 5.02 Å². The Morgan fingerprint density at radius 1 is 1.38 bits per heavy atom. The predicted molar refractivity (Wildman–Crippen MR) is 60.0 cm³/mol. The van der Waals surface area contributed by atoms with Crippen molar-refractivity contribution in [2.75, 3.05) is 5.73 Å². The Bertz CT molecular complexity index is 446. The van der Waals surface area contributed by atoms with Crippen molar-refractivity contribution in [3.63, 3.8) is 0 Å². The molecule has 1 aromatic carbocycles. The average Bonchev–Trinajstić information content (AvgIpc) is 1.94. The lowest BCUT2D eigenvalue weighted by Crippen LogP contribution is -2.15.